The number of carbonyl (C=O) groups excluding carboxylic acids is 1. The van der Waals surface area contributed by atoms with E-state index in [0.717, 1.165) is 16.2 Å². The van der Waals surface area contributed by atoms with Crippen molar-refractivity contribution in [1.82, 2.24) is 15.3 Å². The second-order valence-corrected chi connectivity index (χ2v) is 4.40. The molecule has 0 bridgehead atoms. The molecular formula is C12H13N3OS. The van der Waals surface area contributed by atoms with Crippen LogP contribution in [-0.4, -0.2) is 28.2 Å². The fraction of sp³-hybridized carbons (Fsp3) is 0.167. The van der Waals surface area contributed by atoms with Gasteiger partial charge in [-0.3, -0.25) is 4.79 Å². The Morgan fingerprint density at radius 2 is 2.35 bits per heavy atom. The van der Waals surface area contributed by atoms with Gasteiger partial charge >= 0.3 is 0 Å². The number of nitrogens with one attached hydrogen (secondary N) is 2. The first-order valence-electron chi connectivity index (χ1n) is 5.25. The van der Waals surface area contributed by atoms with Gasteiger partial charge in [0.25, 0.3) is 0 Å². The van der Waals surface area contributed by atoms with Crippen molar-refractivity contribution in [2.45, 2.75) is 5.16 Å². The molecule has 0 aliphatic rings. The van der Waals surface area contributed by atoms with Gasteiger partial charge in [0.15, 0.2) is 5.16 Å². The summed E-state index contributed by atoms with van der Waals surface area (Å²) >= 11 is 1.39. The third kappa shape index (κ3) is 3.10. The van der Waals surface area contributed by atoms with Crippen molar-refractivity contribution < 1.29 is 4.79 Å². The lowest BCUT2D eigenvalue weighted by Gasteiger charge is -1.99. The van der Waals surface area contributed by atoms with Crippen LogP contribution in [0, 0.1) is 0 Å². The molecule has 1 heterocycles. The van der Waals surface area contributed by atoms with E-state index >= 15 is 0 Å². The molecule has 2 rings (SSSR count). The minimum atomic E-state index is -0.0182. The van der Waals surface area contributed by atoms with Gasteiger partial charge in [0, 0.05) is 6.54 Å². The smallest absolute Gasteiger partial charge is 0.230 e. The Balaban J connectivity index is 1.94. The molecule has 0 atom stereocenters. The molecule has 0 radical (unpaired) electrons. The van der Waals surface area contributed by atoms with Crippen LogP contribution in [0.3, 0.4) is 0 Å². The zero-order valence-corrected chi connectivity index (χ0v) is 10.1. The highest BCUT2D eigenvalue weighted by Crippen LogP contribution is 2.18. The minimum Gasteiger partial charge on any atom is -0.352 e. The Morgan fingerprint density at radius 1 is 1.53 bits per heavy atom. The quantitative estimate of drug-likeness (QED) is 0.627. The van der Waals surface area contributed by atoms with Gasteiger partial charge in [-0.2, -0.15) is 0 Å². The van der Waals surface area contributed by atoms with Gasteiger partial charge in [-0.05, 0) is 12.1 Å². The number of rotatable bonds is 5. The molecule has 1 aromatic carbocycles. The van der Waals surface area contributed by atoms with Gasteiger partial charge in [0.1, 0.15) is 0 Å². The molecule has 0 saturated carbocycles. The van der Waals surface area contributed by atoms with Crippen LogP contribution in [0.4, 0.5) is 0 Å². The topological polar surface area (TPSA) is 57.8 Å². The van der Waals surface area contributed by atoms with E-state index in [1.165, 1.54) is 11.8 Å². The van der Waals surface area contributed by atoms with Gasteiger partial charge in [0.2, 0.25) is 5.91 Å². The lowest BCUT2D eigenvalue weighted by atomic mass is 10.3. The van der Waals surface area contributed by atoms with E-state index in [1.807, 2.05) is 24.3 Å². The second-order valence-electron chi connectivity index (χ2n) is 3.44. The zero-order chi connectivity index (χ0) is 12.1. The Hall–Kier alpha value is -1.75. The monoisotopic (exact) mass is 247 g/mol. The van der Waals surface area contributed by atoms with Crippen LogP contribution in [0.25, 0.3) is 11.0 Å². The van der Waals surface area contributed by atoms with Crippen LogP contribution in [0.5, 0.6) is 0 Å². The predicted octanol–water partition coefficient (Wildman–Crippen LogP) is 1.96. The molecule has 0 aliphatic carbocycles. The molecule has 0 spiro atoms. The summed E-state index contributed by atoms with van der Waals surface area (Å²) in [6.45, 7) is 4.04. The molecule has 0 unspecified atom stereocenters. The number of aromatic amines is 1. The first kappa shape index (κ1) is 11.7. The summed E-state index contributed by atoms with van der Waals surface area (Å²) in [5.74, 6) is 0.337. The SMILES string of the molecule is C=CCNC(=O)CSc1nc2ccccc2[nH]1. The third-order valence-electron chi connectivity index (χ3n) is 2.15. The van der Waals surface area contributed by atoms with Crippen LogP contribution < -0.4 is 5.32 Å². The Labute approximate surface area is 104 Å². The molecule has 0 aliphatic heterocycles. The number of benzene rings is 1. The van der Waals surface area contributed by atoms with E-state index in [9.17, 15) is 4.79 Å². The molecule has 0 fully saturated rings. The maximum Gasteiger partial charge on any atom is 0.230 e. The molecule has 4 nitrogen and oxygen atoms in total. The number of hydrogen-bond donors (Lipinski definition) is 2. The summed E-state index contributed by atoms with van der Waals surface area (Å²) in [5, 5.41) is 3.48. The van der Waals surface area contributed by atoms with Crippen LogP contribution >= 0.6 is 11.8 Å². The number of aromatic nitrogens is 2. The summed E-state index contributed by atoms with van der Waals surface area (Å²) in [5.41, 5.74) is 1.91. The minimum absolute atomic E-state index is 0.0182. The standard InChI is InChI=1S/C12H13N3OS/c1-2-7-13-11(16)8-17-12-14-9-5-3-4-6-10(9)15-12/h2-6H,1,7-8H2,(H,13,16)(H,14,15). The van der Waals surface area contributed by atoms with Crippen molar-refractivity contribution in [2.75, 3.05) is 12.3 Å². The first-order chi connectivity index (χ1) is 8.29. The lowest BCUT2D eigenvalue weighted by Crippen LogP contribution is -2.24. The number of thioether (sulfide) groups is 1. The largest absolute Gasteiger partial charge is 0.352 e. The van der Waals surface area contributed by atoms with Gasteiger partial charge in [0.05, 0.1) is 16.8 Å². The Morgan fingerprint density at radius 3 is 3.12 bits per heavy atom. The summed E-state index contributed by atoms with van der Waals surface area (Å²) < 4.78 is 0. The molecule has 1 aromatic heterocycles. The van der Waals surface area contributed by atoms with E-state index in [0.29, 0.717) is 12.3 Å². The van der Waals surface area contributed by atoms with Gasteiger partial charge in [-0.25, -0.2) is 4.98 Å². The van der Waals surface area contributed by atoms with Crippen molar-refractivity contribution in [1.29, 1.82) is 0 Å². The normalized spacial score (nSPS) is 10.4. The maximum absolute atomic E-state index is 11.4. The summed E-state index contributed by atoms with van der Waals surface area (Å²) in [6, 6.07) is 7.79. The van der Waals surface area contributed by atoms with Gasteiger partial charge in [-0.1, -0.05) is 30.0 Å². The zero-order valence-electron chi connectivity index (χ0n) is 9.27. The lowest BCUT2D eigenvalue weighted by molar-refractivity contribution is -0.118. The Bertz CT molecular complexity index is 502. The first-order valence-corrected chi connectivity index (χ1v) is 6.23. The van der Waals surface area contributed by atoms with Gasteiger partial charge < -0.3 is 10.3 Å². The fourth-order valence-corrected chi connectivity index (χ4v) is 2.08. The number of H-pyrrole nitrogens is 1. The fourth-order valence-electron chi connectivity index (χ4n) is 1.37. The molecule has 2 aromatic rings. The van der Waals surface area contributed by atoms with E-state index < -0.39 is 0 Å². The third-order valence-corrected chi connectivity index (χ3v) is 3.02. The molecule has 5 heteroatoms. The highest BCUT2D eigenvalue weighted by atomic mass is 32.2. The number of para-hydroxylation sites is 2. The van der Waals surface area contributed by atoms with Crippen LogP contribution in [0.15, 0.2) is 42.1 Å². The van der Waals surface area contributed by atoms with Gasteiger partial charge in [-0.15, -0.1) is 6.58 Å². The number of carbonyl (C=O) groups is 1. The van der Waals surface area contributed by atoms with Crippen molar-refractivity contribution in [3.63, 3.8) is 0 Å². The molecule has 1 amide bonds. The number of fused-ring (bicyclic) bond motifs is 1. The Kier molecular flexibility index (Phi) is 3.82. The van der Waals surface area contributed by atoms with E-state index in [1.54, 1.807) is 6.08 Å². The summed E-state index contributed by atoms with van der Waals surface area (Å²) in [4.78, 5) is 18.9. The van der Waals surface area contributed by atoms with E-state index in [-0.39, 0.29) is 5.91 Å². The molecular weight excluding hydrogens is 234 g/mol. The van der Waals surface area contributed by atoms with Crippen molar-refractivity contribution >= 4 is 28.7 Å². The van der Waals surface area contributed by atoms with Crippen molar-refractivity contribution in [3.8, 4) is 0 Å². The molecule has 0 saturated heterocycles. The maximum atomic E-state index is 11.4. The average molecular weight is 247 g/mol. The highest BCUT2D eigenvalue weighted by Gasteiger charge is 2.05. The van der Waals surface area contributed by atoms with E-state index in [2.05, 4.69) is 21.9 Å². The molecule has 17 heavy (non-hydrogen) atoms. The predicted molar refractivity (Wildman–Crippen MR) is 70.0 cm³/mol. The second kappa shape index (κ2) is 5.54. The molecule has 88 valence electrons. The van der Waals surface area contributed by atoms with Crippen molar-refractivity contribution in [3.05, 3.63) is 36.9 Å². The summed E-state index contributed by atoms with van der Waals surface area (Å²) in [6.07, 6.45) is 1.66. The van der Waals surface area contributed by atoms with Crippen LogP contribution in [-0.2, 0) is 4.79 Å². The number of amides is 1. The van der Waals surface area contributed by atoms with E-state index in [4.69, 9.17) is 0 Å². The van der Waals surface area contributed by atoms with Crippen molar-refractivity contribution in [2.24, 2.45) is 0 Å². The average Bonchev–Trinajstić information content (AvgIpc) is 2.76. The highest BCUT2D eigenvalue weighted by molar-refractivity contribution is 7.99. The molecule has 2 N–H and O–H groups in total. The van der Waals surface area contributed by atoms with Crippen LogP contribution in [0.2, 0.25) is 0 Å². The number of hydrogen-bond acceptors (Lipinski definition) is 3. The van der Waals surface area contributed by atoms with Crippen LogP contribution in [0.1, 0.15) is 0 Å². The number of imidazole rings is 1. The summed E-state index contributed by atoms with van der Waals surface area (Å²) in [7, 11) is 0. The number of nitrogens with zero attached hydrogens (tertiary/aromatic N) is 1.